The minimum absolute atomic E-state index is 0.179. The van der Waals surface area contributed by atoms with Crippen LogP contribution in [0.2, 0.25) is 0 Å². The molecular formula is C15H12N2O2. The molecule has 0 aliphatic carbocycles. The molecule has 1 heterocycles. The zero-order valence-corrected chi connectivity index (χ0v) is 10.0. The van der Waals surface area contributed by atoms with Gasteiger partial charge in [-0.1, -0.05) is 24.3 Å². The van der Waals surface area contributed by atoms with Gasteiger partial charge in [0.25, 0.3) is 0 Å². The maximum atomic E-state index is 9.80. The predicted molar refractivity (Wildman–Crippen MR) is 72.8 cm³/mol. The highest BCUT2D eigenvalue weighted by Gasteiger charge is 2.10. The minimum Gasteiger partial charge on any atom is -0.507 e. The Hall–Kier alpha value is -2.75. The highest BCUT2D eigenvalue weighted by atomic mass is 16.3. The quantitative estimate of drug-likeness (QED) is 0.656. The van der Waals surface area contributed by atoms with E-state index in [-0.39, 0.29) is 11.5 Å². The van der Waals surface area contributed by atoms with E-state index in [2.05, 4.69) is 10.2 Å². The van der Waals surface area contributed by atoms with E-state index in [9.17, 15) is 10.2 Å². The average Bonchev–Trinajstić information content (AvgIpc) is 2.89. The summed E-state index contributed by atoms with van der Waals surface area (Å²) in [5, 5.41) is 26.6. The fourth-order valence-electron chi connectivity index (χ4n) is 1.99. The number of nitrogens with zero attached hydrogens (tertiary/aromatic N) is 1. The summed E-state index contributed by atoms with van der Waals surface area (Å²) in [4.78, 5) is 0. The van der Waals surface area contributed by atoms with Crippen LogP contribution in [-0.2, 0) is 0 Å². The number of hydrogen-bond acceptors (Lipinski definition) is 3. The molecule has 2 aromatic carbocycles. The average molecular weight is 252 g/mol. The number of para-hydroxylation sites is 2. The van der Waals surface area contributed by atoms with E-state index < -0.39 is 0 Å². The lowest BCUT2D eigenvalue weighted by atomic mass is 10.1. The fourth-order valence-corrected chi connectivity index (χ4v) is 1.99. The molecule has 0 aliphatic rings. The van der Waals surface area contributed by atoms with Crippen LogP contribution < -0.4 is 0 Å². The van der Waals surface area contributed by atoms with E-state index in [0.717, 1.165) is 0 Å². The molecular weight excluding hydrogens is 240 g/mol. The first kappa shape index (κ1) is 11.3. The summed E-state index contributed by atoms with van der Waals surface area (Å²) in [5.74, 6) is 0.368. The van der Waals surface area contributed by atoms with E-state index in [1.165, 1.54) is 0 Å². The Balaban J connectivity index is 2.06. The molecule has 4 heteroatoms. The number of rotatable bonds is 2. The third kappa shape index (κ3) is 2.04. The van der Waals surface area contributed by atoms with Gasteiger partial charge in [-0.3, -0.25) is 5.10 Å². The summed E-state index contributed by atoms with van der Waals surface area (Å²) >= 11 is 0. The number of aromatic amines is 1. The summed E-state index contributed by atoms with van der Waals surface area (Å²) in [6.45, 7) is 0. The van der Waals surface area contributed by atoms with Crippen molar-refractivity contribution in [1.29, 1.82) is 0 Å². The molecule has 0 saturated heterocycles. The Morgan fingerprint density at radius 2 is 1.37 bits per heavy atom. The van der Waals surface area contributed by atoms with Crippen LogP contribution in [0.5, 0.6) is 11.5 Å². The molecule has 3 aromatic rings. The number of aromatic nitrogens is 2. The molecule has 0 fully saturated rings. The molecule has 3 N–H and O–H groups in total. The molecule has 0 unspecified atom stereocenters. The summed E-state index contributed by atoms with van der Waals surface area (Å²) in [6.07, 6.45) is 0. The Kier molecular flexibility index (Phi) is 2.68. The van der Waals surface area contributed by atoms with Crippen molar-refractivity contribution in [3.63, 3.8) is 0 Å². The highest BCUT2D eigenvalue weighted by molar-refractivity contribution is 5.74. The summed E-state index contributed by atoms with van der Waals surface area (Å²) in [6, 6.07) is 15.8. The lowest BCUT2D eigenvalue weighted by Gasteiger charge is -2.00. The number of phenolic OH excluding ortho intramolecular Hbond substituents is 2. The highest BCUT2D eigenvalue weighted by Crippen LogP contribution is 2.32. The Bertz CT molecular complexity index is 659. The molecule has 0 saturated carbocycles. The second-order valence-corrected chi connectivity index (χ2v) is 4.20. The predicted octanol–water partition coefficient (Wildman–Crippen LogP) is 3.15. The van der Waals surface area contributed by atoms with Crippen molar-refractivity contribution < 1.29 is 10.2 Å². The molecule has 4 nitrogen and oxygen atoms in total. The van der Waals surface area contributed by atoms with E-state index >= 15 is 0 Å². The Morgan fingerprint density at radius 1 is 0.789 bits per heavy atom. The number of benzene rings is 2. The number of nitrogens with one attached hydrogen (secondary N) is 1. The molecule has 19 heavy (non-hydrogen) atoms. The van der Waals surface area contributed by atoms with Crippen molar-refractivity contribution in [2.75, 3.05) is 0 Å². The molecule has 3 rings (SSSR count). The molecule has 0 radical (unpaired) electrons. The molecule has 0 spiro atoms. The minimum atomic E-state index is 0.179. The molecule has 1 aromatic heterocycles. The van der Waals surface area contributed by atoms with Crippen LogP contribution in [0.1, 0.15) is 0 Å². The third-order valence-electron chi connectivity index (χ3n) is 2.95. The molecule has 0 atom stereocenters. The Morgan fingerprint density at radius 3 is 2.00 bits per heavy atom. The van der Waals surface area contributed by atoms with Crippen LogP contribution >= 0.6 is 0 Å². The third-order valence-corrected chi connectivity index (χ3v) is 2.95. The molecule has 0 amide bonds. The zero-order valence-electron chi connectivity index (χ0n) is 10.0. The van der Waals surface area contributed by atoms with Crippen molar-refractivity contribution in [3.05, 3.63) is 54.6 Å². The summed E-state index contributed by atoms with van der Waals surface area (Å²) in [5.41, 5.74) is 2.67. The number of phenols is 2. The number of aromatic hydroxyl groups is 2. The molecule has 94 valence electrons. The van der Waals surface area contributed by atoms with Crippen LogP contribution in [0.3, 0.4) is 0 Å². The first-order chi connectivity index (χ1) is 9.25. The van der Waals surface area contributed by atoms with Gasteiger partial charge in [0.2, 0.25) is 0 Å². The van der Waals surface area contributed by atoms with Gasteiger partial charge in [-0.15, -0.1) is 0 Å². The monoisotopic (exact) mass is 252 g/mol. The maximum Gasteiger partial charge on any atom is 0.125 e. The SMILES string of the molecule is Oc1ccccc1-c1cc(-c2ccccc2O)[nH]n1. The van der Waals surface area contributed by atoms with Crippen LogP contribution in [0.25, 0.3) is 22.5 Å². The Labute approximate surface area is 110 Å². The van der Waals surface area contributed by atoms with E-state index in [4.69, 9.17) is 0 Å². The fraction of sp³-hybridized carbons (Fsp3) is 0. The maximum absolute atomic E-state index is 9.80. The normalized spacial score (nSPS) is 10.5. The molecule has 0 aliphatic heterocycles. The second-order valence-electron chi connectivity index (χ2n) is 4.20. The van der Waals surface area contributed by atoms with Crippen molar-refractivity contribution in [2.24, 2.45) is 0 Å². The van der Waals surface area contributed by atoms with Crippen molar-refractivity contribution in [2.45, 2.75) is 0 Å². The van der Waals surface area contributed by atoms with Crippen LogP contribution in [-0.4, -0.2) is 20.4 Å². The smallest absolute Gasteiger partial charge is 0.125 e. The number of H-pyrrole nitrogens is 1. The topological polar surface area (TPSA) is 69.1 Å². The van der Waals surface area contributed by atoms with Gasteiger partial charge in [0.05, 0.1) is 11.4 Å². The number of hydrogen-bond donors (Lipinski definition) is 3. The first-order valence-corrected chi connectivity index (χ1v) is 5.88. The zero-order chi connectivity index (χ0) is 13.2. The van der Waals surface area contributed by atoms with Gasteiger partial charge in [0.1, 0.15) is 11.5 Å². The summed E-state index contributed by atoms with van der Waals surface area (Å²) in [7, 11) is 0. The van der Waals surface area contributed by atoms with Gasteiger partial charge in [-0.2, -0.15) is 5.10 Å². The van der Waals surface area contributed by atoms with E-state index in [1.54, 1.807) is 42.5 Å². The largest absolute Gasteiger partial charge is 0.507 e. The van der Waals surface area contributed by atoms with Gasteiger partial charge < -0.3 is 10.2 Å². The van der Waals surface area contributed by atoms with E-state index in [0.29, 0.717) is 22.5 Å². The standard InChI is InChI=1S/C15H12N2O2/c18-14-7-3-1-5-10(14)12-9-13(17-16-12)11-6-2-4-8-15(11)19/h1-9,18-19H,(H,16,17). The molecule has 0 bridgehead atoms. The van der Waals surface area contributed by atoms with Crippen LogP contribution in [0, 0.1) is 0 Å². The lowest BCUT2D eigenvalue weighted by Crippen LogP contribution is -1.78. The van der Waals surface area contributed by atoms with Gasteiger partial charge >= 0.3 is 0 Å². The van der Waals surface area contributed by atoms with Gasteiger partial charge in [0.15, 0.2) is 0 Å². The van der Waals surface area contributed by atoms with Gasteiger partial charge in [0, 0.05) is 11.1 Å². The van der Waals surface area contributed by atoms with Gasteiger partial charge in [-0.05, 0) is 30.3 Å². The van der Waals surface area contributed by atoms with Crippen molar-refractivity contribution in [3.8, 4) is 34.0 Å². The first-order valence-electron chi connectivity index (χ1n) is 5.88. The second kappa shape index (κ2) is 4.49. The van der Waals surface area contributed by atoms with E-state index in [1.807, 2.05) is 12.1 Å². The van der Waals surface area contributed by atoms with Crippen LogP contribution in [0.15, 0.2) is 54.6 Å². The summed E-state index contributed by atoms with van der Waals surface area (Å²) < 4.78 is 0. The van der Waals surface area contributed by atoms with Gasteiger partial charge in [-0.25, -0.2) is 0 Å². The van der Waals surface area contributed by atoms with Crippen molar-refractivity contribution >= 4 is 0 Å². The van der Waals surface area contributed by atoms with Crippen LogP contribution in [0.4, 0.5) is 0 Å². The lowest BCUT2D eigenvalue weighted by molar-refractivity contribution is 0.476. The van der Waals surface area contributed by atoms with Crippen molar-refractivity contribution in [1.82, 2.24) is 10.2 Å².